The van der Waals surface area contributed by atoms with Gasteiger partial charge in [0, 0.05) is 10.9 Å². The number of hydrogen-bond donors (Lipinski definition) is 1. The van der Waals surface area contributed by atoms with Crippen LogP contribution in [0.5, 0.6) is 5.75 Å². The third-order valence-electron chi connectivity index (χ3n) is 2.11. The first kappa shape index (κ1) is 10.3. The van der Waals surface area contributed by atoms with Gasteiger partial charge in [0.1, 0.15) is 5.75 Å². The van der Waals surface area contributed by atoms with E-state index in [4.69, 9.17) is 22.1 Å². The molecule has 2 N–H and O–H groups in total. The van der Waals surface area contributed by atoms with Crippen molar-refractivity contribution in [3.8, 4) is 16.9 Å². The minimum absolute atomic E-state index is 0.673. The summed E-state index contributed by atoms with van der Waals surface area (Å²) in [4.78, 5) is 0. The van der Waals surface area contributed by atoms with Crippen molar-refractivity contribution in [1.82, 2.24) is 0 Å². The van der Waals surface area contributed by atoms with E-state index in [1.165, 1.54) is 11.3 Å². The molecule has 0 radical (unpaired) electrons. The first-order valence-corrected chi connectivity index (χ1v) is 5.64. The van der Waals surface area contributed by atoms with Crippen molar-refractivity contribution in [1.29, 1.82) is 0 Å². The van der Waals surface area contributed by atoms with Crippen LogP contribution < -0.4 is 10.5 Å². The van der Waals surface area contributed by atoms with Crippen LogP contribution in [0.3, 0.4) is 0 Å². The zero-order valence-electron chi connectivity index (χ0n) is 8.16. The van der Waals surface area contributed by atoms with E-state index in [2.05, 4.69) is 0 Å². The van der Waals surface area contributed by atoms with Crippen LogP contribution in [0, 0.1) is 0 Å². The van der Waals surface area contributed by atoms with Gasteiger partial charge in [0.05, 0.1) is 17.1 Å². The molecule has 0 aliphatic carbocycles. The Labute approximate surface area is 97.3 Å². The second-order valence-electron chi connectivity index (χ2n) is 3.08. The fourth-order valence-corrected chi connectivity index (χ4v) is 2.28. The molecule has 0 saturated heterocycles. The summed E-state index contributed by atoms with van der Waals surface area (Å²) >= 11 is 7.64. The number of methoxy groups -OCH3 is 1. The van der Waals surface area contributed by atoms with E-state index < -0.39 is 0 Å². The van der Waals surface area contributed by atoms with E-state index in [0.717, 1.165) is 21.9 Å². The average molecular weight is 240 g/mol. The SMILES string of the molecule is COc1ccc(-c2csc(N)c2)c(Cl)c1. The van der Waals surface area contributed by atoms with Crippen molar-refractivity contribution in [3.05, 3.63) is 34.7 Å². The highest BCUT2D eigenvalue weighted by atomic mass is 35.5. The normalized spacial score (nSPS) is 10.3. The number of nitrogen functional groups attached to an aromatic ring is 1. The lowest BCUT2D eigenvalue weighted by Crippen LogP contribution is -1.83. The van der Waals surface area contributed by atoms with Crippen LogP contribution >= 0.6 is 22.9 Å². The largest absolute Gasteiger partial charge is 0.497 e. The van der Waals surface area contributed by atoms with E-state index in [-0.39, 0.29) is 0 Å². The summed E-state index contributed by atoms with van der Waals surface area (Å²) in [6, 6.07) is 7.53. The molecule has 0 atom stereocenters. The molecular formula is C11H10ClNOS. The van der Waals surface area contributed by atoms with Gasteiger partial charge in [-0.1, -0.05) is 11.6 Å². The predicted molar refractivity (Wildman–Crippen MR) is 65.7 cm³/mol. The Kier molecular flexibility index (Phi) is 2.84. The zero-order chi connectivity index (χ0) is 10.8. The summed E-state index contributed by atoms with van der Waals surface area (Å²) in [5.41, 5.74) is 7.70. The van der Waals surface area contributed by atoms with Gasteiger partial charge in [-0.3, -0.25) is 0 Å². The van der Waals surface area contributed by atoms with Crippen LogP contribution in [0.4, 0.5) is 5.00 Å². The quantitative estimate of drug-likeness (QED) is 0.868. The van der Waals surface area contributed by atoms with E-state index in [0.29, 0.717) is 5.02 Å². The Morgan fingerprint density at radius 3 is 2.67 bits per heavy atom. The minimum atomic E-state index is 0.673. The molecular weight excluding hydrogens is 230 g/mol. The summed E-state index contributed by atoms with van der Waals surface area (Å²) in [6.07, 6.45) is 0. The van der Waals surface area contributed by atoms with Gasteiger partial charge in [0.25, 0.3) is 0 Å². The maximum Gasteiger partial charge on any atom is 0.120 e. The second-order valence-corrected chi connectivity index (χ2v) is 4.43. The van der Waals surface area contributed by atoms with Gasteiger partial charge in [0.2, 0.25) is 0 Å². The summed E-state index contributed by atoms with van der Waals surface area (Å²) in [5, 5.41) is 3.45. The number of ether oxygens (including phenoxy) is 1. The molecule has 0 saturated carbocycles. The Bertz CT molecular complexity index is 481. The molecule has 0 bridgehead atoms. The van der Waals surface area contributed by atoms with Crippen molar-refractivity contribution >= 4 is 27.9 Å². The third-order valence-corrected chi connectivity index (χ3v) is 3.18. The monoisotopic (exact) mass is 239 g/mol. The molecule has 0 fully saturated rings. The molecule has 4 heteroatoms. The molecule has 1 aromatic heterocycles. The fourth-order valence-electron chi connectivity index (χ4n) is 1.35. The maximum absolute atomic E-state index is 6.14. The smallest absolute Gasteiger partial charge is 0.120 e. The van der Waals surface area contributed by atoms with Gasteiger partial charge >= 0.3 is 0 Å². The molecule has 2 rings (SSSR count). The average Bonchev–Trinajstić information content (AvgIpc) is 2.64. The van der Waals surface area contributed by atoms with Gasteiger partial charge in [0.15, 0.2) is 0 Å². The van der Waals surface area contributed by atoms with Crippen molar-refractivity contribution in [2.75, 3.05) is 12.8 Å². The molecule has 78 valence electrons. The van der Waals surface area contributed by atoms with E-state index >= 15 is 0 Å². The number of rotatable bonds is 2. The van der Waals surface area contributed by atoms with Crippen LogP contribution in [0.1, 0.15) is 0 Å². The Morgan fingerprint density at radius 2 is 2.13 bits per heavy atom. The highest BCUT2D eigenvalue weighted by molar-refractivity contribution is 7.14. The standard InChI is InChI=1S/C11H10ClNOS/c1-14-8-2-3-9(10(12)5-8)7-4-11(13)15-6-7/h2-6H,13H2,1H3. The topological polar surface area (TPSA) is 35.2 Å². The maximum atomic E-state index is 6.14. The van der Waals surface area contributed by atoms with Crippen molar-refractivity contribution in [3.63, 3.8) is 0 Å². The lowest BCUT2D eigenvalue weighted by molar-refractivity contribution is 0.415. The van der Waals surface area contributed by atoms with Crippen LogP contribution in [-0.2, 0) is 0 Å². The Hall–Kier alpha value is -1.19. The number of halogens is 1. The van der Waals surface area contributed by atoms with Gasteiger partial charge < -0.3 is 10.5 Å². The number of hydrogen-bond acceptors (Lipinski definition) is 3. The summed E-state index contributed by atoms with van der Waals surface area (Å²) in [5.74, 6) is 0.756. The predicted octanol–water partition coefficient (Wildman–Crippen LogP) is 3.66. The van der Waals surface area contributed by atoms with Crippen LogP contribution in [0.15, 0.2) is 29.6 Å². The number of thiophene rings is 1. The molecule has 15 heavy (non-hydrogen) atoms. The van der Waals surface area contributed by atoms with E-state index in [1.54, 1.807) is 13.2 Å². The fraction of sp³-hybridized carbons (Fsp3) is 0.0909. The van der Waals surface area contributed by atoms with Gasteiger partial charge in [-0.15, -0.1) is 11.3 Å². The first-order chi connectivity index (χ1) is 7.20. The minimum Gasteiger partial charge on any atom is -0.497 e. The molecule has 1 heterocycles. The molecule has 0 amide bonds. The molecule has 0 aliphatic rings. The van der Waals surface area contributed by atoms with Gasteiger partial charge in [-0.05, 0) is 29.8 Å². The molecule has 2 aromatic rings. The van der Waals surface area contributed by atoms with Crippen molar-refractivity contribution in [2.24, 2.45) is 0 Å². The summed E-state index contributed by atoms with van der Waals surface area (Å²) < 4.78 is 5.08. The van der Waals surface area contributed by atoms with Crippen LogP contribution in [-0.4, -0.2) is 7.11 Å². The van der Waals surface area contributed by atoms with Crippen molar-refractivity contribution in [2.45, 2.75) is 0 Å². The second kappa shape index (κ2) is 4.13. The van der Waals surface area contributed by atoms with Crippen LogP contribution in [0.25, 0.3) is 11.1 Å². The Morgan fingerprint density at radius 1 is 1.33 bits per heavy atom. The summed E-state index contributed by atoms with van der Waals surface area (Å²) in [6.45, 7) is 0. The van der Waals surface area contributed by atoms with E-state index in [1.807, 2.05) is 23.6 Å². The number of benzene rings is 1. The van der Waals surface area contributed by atoms with Gasteiger partial charge in [-0.25, -0.2) is 0 Å². The highest BCUT2D eigenvalue weighted by Gasteiger charge is 2.06. The lowest BCUT2D eigenvalue weighted by atomic mass is 10.1. The summed E-state index contributed by atoms with van der Waals surface area (Å²) in [7, 11) is 1.62. The highest BCUT2D eigenvalue weighted by Crippen LogP contribution is 2.34. The first-order valence-electron chi connectivity index (χ1n) is 4.38. The zero-order valence-corrected chi connectivity index (χ0v) is 9.73. The molecule has 0 unspecified atom stereocenters. The number of nitrogens with two attached hydrogens (primary N) is 1. The van der Waals surface area contributed by atoms with Crippen LogP contribution in [0.2, 0.25) is 5.02 Å². The molecule has 2 nitrogen and oxygen atoms in total. The molecule has 1 aromatic carbocycles. The van der Waals surface area contributed by atoms with Crippen molar-refractivity contribution < 1.29 is 4.74 Å². The number of anilines is 1. The van der Waals surface area contributed by atoms with E-state index in [9.17, 15) is 0 Å². The third kappa shape index (κ3) is 2.08. The Balaban J connectivity index is 2.45. The lowest BCUT2D eigenvalue weighted by Gasteiger charge is -2.04. The van der Waals surface area contributed by atoms with Gasteiger partial charge in [-0.2, -0.15) is 0 Å². The molecule has 0 spiro atoms. The molecule has 0 aliphatic heterocycles.